The number of aryl methyl sites for hydroxylation is 1. The van der Waals surface area contributed by atoms with Crippen molar-refractivity contribution in [1.82, 2.24) is 15.2 Å². The van der Waals surface area contributed by atoms with Crippen LogP contribution >= 0.6 is 35.6 Å². The fourth-order valence-corrected chi connectivity index (χ4v) is 4.76. The van der Waals surface area contributed by atoms with Crippen molar-refractivity contribution < 1.29 is 23.9 Å². The Hall–Kier alpha value is -4.25. The Morgan fingerprint density at radius 3 is 2.43 bits per heavy atom. The number of halogens is 3. The van der Waals surface area contributed by atoms with Crippen molar-refractivity contribution in [1.29, 1.82) is 0 Å². The fraction of sp³-hybridized carbons (Fsp3) is 0.226. The lowest BCUT2D eigenvalue weighted by Gasteiger charge is -2.15. The van der Waals surface area contributed by atoms with E-state index in [4.69, 9.17) is 32.7 Å². The monoisotopic (exact) mass is 659 g/mol. The summed E-state index contributed by atoms with van der Waals surface area (Å²) < 4.78 is 11.6. The zero-order valence-electron chi connectivity index (χ0n) is 24.5. The van der Waals surface area contributed by atoms with E-state index < -0.39 is 6.03 Å². The number of amides is 3. The summed E-state index contributed by atoms with van der Waals surface area (Å²) in [5.74, 6) is 0.752. The Morgan fingerprint density at radius 1 is 0.955 bits per heavy atom. The first kappa shape index (κ1) is 34.2. The number of hydrogen-bond donors (Lipinski definition) is 3. The van der Waals surface area contributed by atoms with E-state index in [2.05, 4.69) is 20.9 Å². The minimum absolute atomic E-state index is 0. The van der Waals surface area contributed by atoms with Gasteiger partial charge in [0.25, 0.3) is 5.91 Å². The molecule has 3 N–H and O–H groups in total. The van der Waals surface area contributed by atoms with Gasteiger partial charge in [-0.1, -0.05) is 35.3 Å². The van der Waals surface area contributed by atoms with Crippen molar-refractivity contribution in [3.63, 3.8) is 0 Å². The molecule has 4 rings (SSSR count). The molecule has 0 radical (unpaired) electrons. The van der Waals surface area contributed by atoms with Gasteiger partial charge >= 0.3 is 6.03 Å². The van der Waals surface area contributed by atoms with Gasteiger partial charge in [-0.25, -0.2) is 9.78 Å². The molecule has 232 valence electrons. The molecule has 0 saturated heterocycles. The van der Waals surface area contributed by atoms with Gasteiger partial charge in [-0.05, 0) is 49.4 Å². The molecule has 0 aliphatic carbocycles. The lowest BCUT2D eigenvalue weighted by atomic mass is 10.1. The number of carbonyl (C=O) groups excluding carboxylic acids is 3. The number of benzene rings is 3. The number of aromatic nitrogens is 1. The number of Topliss-reactive ketones (excluding diaryl/α,β-unsaturated/α-hetero) is 1. The SMILES string of the molecule is COc1cc(C)nc2c(OCc3c(Cl)ccc(NCC(=O)CNC(=O)Nc4cccc(C(=O)N(C)C)c4)c3Cl)cccc12.Cl. The van der Waals surface area contributed by atoms with Gasteiger partial charge in [0.2, 0.25) is 0 Å². The zero-order valence-corrected chi connectivity index (χ0v) is 26.8. The average molecular weight is 661 g/mol. The number of carbonyl (C=O) groups is 3. The molecule has 0 unspecified atom stereocenters. The number of nitrogens with zero attached hydrogens (tertiary/aromatic N) is 2. The molecule has 44 heavy (non-hydrogen) atoms. The van der Waals surface area contributed by atoms with Crippen LogP contribution in [0.1, 0.15) is 21.6 Å². The van der Waals surface area contributed by atoms with Crippen LogP contribution < -0.4 is 25.4 Å². The first-order valence-corrected chi connectivity index (χ1v) is 14.0. The van der Waals surface area contributed by atoms with Crippen LogP contribution in [0.2, 0.25) is 10.0 Å². The van der Waals surface area contributed by atoms with E-state index in [9.17, 15) is 14.4 Å². The van der Waals surface area contributed by atoms with Crippen molar-refractivity contribution in [2.45, 2.75) is 13.5 Å². The van der Waals surface area contributed by atoms with Crippen LogP contribution in [0.25, 0.3) is 10.9 Å². The van der Waals surface area contributed by atoms with Crippen molar-refractivity contribution in [2.24, 2.45) is 0 Å². The number of methoxy groups -OCH3 is 1. The van der Waals surface area contributed by atoms with E-state index in [0.717, 1.165) is 11.1 Å². The first-order valence-electron chi connectivity index (χ1n) is 13.2. The van der Waals surface area contributed by atoms with Gasteiger partial charge in [-0.2, -0.15) is 0 Å². The van der Waals surface area contributed by atoms with Crippen molar-refractivity contribution in [2.75, 3.05) is 44.9 Å². The number of fused-ring (bicyclic) bond motifs is 1. The summed E-state index contributed by atoms with van der Waals surface area (Å²) in [6.07, 6.45) is 0. The fourth-order valence-electron chi connectivity index (χ4n) is 4.21. The third-order valence-corrected chi connectivity index (χ3v) is 7.15. The molecule has 0 aliphatic heterocycles. The minimum atomic E-state index is -0.581. The van der Waals surface area contributed by atoms with Gasteiger partial charge in [0.1, 0.15) is 23.6 Å². The normalized spacial score (nSPS) is 10.4. The Labute approximate surface area is 271 Å². The molecule has 0 fully saturated rings. The number of ether oxygens (including phenoxy) is 2. The Kier molecular flexibility index (Phi) is 12.0. The smallest absolute Gasteiger partial charge is 0.319 e. The third kappa shape index (κ3) is 8.43. The number of hydrogen-bond acceptors (Lipinski definition) is 7. The molecule has 0 aliphatic rings. The van der Waals surface area contributed by atoms with E-state index in [1.165, 1.54) is 4.90 Å². The molecule has 0 bridgehead atoms. The molecule has 3 amide bonds. The highest BCUT2D eigenvalue weighted by Gasteiger charge is 2.16. The zero-order chi connectivity index (χ0) is 31.1. The predicted molar refractivity (Wildman–Crippen MR) is 176 cm³/mol. The van der Waals surface area contributed by atoms with E-state index >= 15 is 0 Å². The number of pyridine rings is 1. The topological polar surface area (TPSA) is 122 Å². The van der Waals surface area contributed by atoms with Crippen molar-refractivity contribution in [3.8, 4) is 11.5 Å². The maximum Gasteiger partial charge on any atom is 0.319 e. The number of nitrogens with one attached hydrogen (secondary N) is 3. The standard InChI is InChI=1S/C31H31Cl2N5O5.ClH/c1-18-13-27(42-4)22-9-6-10-26(29(22)36-18)43-17-23-24(32)11-12-25(28(23)33)34-15-21(39)16-35-31(41)37-20-8-5-7-19(14-20)30(40)38(2)3;/h5-14,34H,15-17H2,1-4H3,(H2,35,37,41);1H. The van der Waals surface area contributed by atoms with Crippen molar-refractivity contribution in [3.05, 3.63) is 87.5 Å². The quantitative estimate of drug-likeness (QED) is 0.171. The molecule has 1 aromatic heterocycles. The molecular formula is C31H32Cl3N5O5. The van der Waals surface area contributed by atoms with Crippen LogP contribution in [-0.2, 0) is 11.4 Å². The summed E-state index contributed by atoms with van der Waals surface area (Å²) in [7, 11) is 4.89. The molecule has 3 aromatic carbocycles. The summed E-state index contributed by atoms with van der Waals surface area (Å²) in [4.78, 5) is 43.0. The second-order valence-electron chi connectivity index (χ2n) is 9.77. The molecule has 10 nitrogen and oxygen atoms in total. The number of urea groups is 1. The van der Waals surface area contributed by atoms with Gasteiger partial charge in [-0.15, -0.1) is 12.4 Å². The van der Waals surface area contributed by atoms with Gasteiger partial charge < -0.3 is 30.3 Å². The van der Waals surface area contributed by atoms with Crippen LogP contribution in [0.5, 0.6) is 11.5 Å². The van der Waals surface area contributed by atoms with Crippen LogP contribution in [-0.4, -0.2) is 61.9 Å². The molecule has 0 saturated carbocycles. The molecule has 1 heterocycles. The van der Waals surface area contributed by atoms with E-state index in [1.54, 1.807) is 63.7 Å². The summed E-state index contributed by atoms with van der Waals surface area (Å²) in [6.45, 7) is 1.61. The molecule has 13 heteroatoms. The Bertz CT molecular complexity index is 1680. The third-order valence-electron chi connectivity index (χ3n) is 6.37. The van der Waals surface area contributed by atoms with E-state index in [-0.39, 0.29) is 43.8 Å². The lowest BCUT2D eigenvalue weighted by molar-refractivity contribution is -0.116. The number of ketones is 1. The van der Waals surface area contributed by atoms with E-state index in [1.807, 2.05) is 25.1 Å². The molecule has 0 atom stereocenters. The highest BCUT2D eigenvalue weighted by Crippen LogP contribution is 2.35. The molecule has 0 spiro atoms. The summed E-state index contributed by atoms with van der Waals surface area (Å²) in [6, 6.07) is 16.7. The van der Waals surface area contributed by atoms with Crippen molar-refractivity contribution >= 4 is 75.6 Å². The average Bonchev–Trinajstić information content (AvgIpc) is 2.98. The highest BCUT2D eigenvalue weighted by atomic mass is 35.5. The summed E-state index contributed by atoms with van der Waals surface area (Å²) in [5, 5.41) is 9.65. The Morgan fingerprint density at radius 2 is 1.70 bits per heavy atom. The maximum absolute atomic E-state index is 12.5. The minimum Gasteiger partial charge on any atom is -0.496 e. The molecule has 4 aromatic rings. The van der Waals surface area contributed by atoms with Crippen LogP contribution in [0.4, 0.5) is 16.2 Å². The van der Waals surface area contributed by atoms with Gasteiger partial charge in [0, 0.05) is 53.1 Å². The highest BCUT2D eigenvalue weighted by molar-refractivity contribution is 6.37. The number of para-hydroxylation sites is 1. The largest absolute Gasteiger partial charge is 0.496 e. The summed E-state index contributed by atoms with van der Waals surface area (Å²) >= 11 is 13.1. The number of anilines is 2. The van der Waals surface area contributed by atoms with Crippen LogP contribution in [0.15, 0.2) is 60.7 Å². The summed E-state index contributed by atoms with van der Waals surface area (Å²) in [5.41, 5.74) is 3.30. The first-order chi connectivity index (χ1) is 20.6. The Balaban J connectivity index is 0.00000529. The maximum atomic E-state index is 12.5. The van der Waals surface area contributed by atoms with Gasteiger partial charge in [0.05, 0.1) is 30.9 Å². The number of rotatable bonds is 11. The van der Waals surface area contributed by atoms with Gasteiger partial charge in [-0.3, -0.25) is 9.59 Å². The lowest BCUT2D eigenvalue weighted by Crippen LogP contribution is -2.35. The van der Waals surface area contributed by atoms with Crippen LogP contribution in [0.3, 0.4) is 0 Å². The second kappa shape index (κ2) is 15.5. The van der Waals surface area contributed by atoms with Gasteiger partial charge in [0.15, 0.2) is 5.78 Å². The van der Waals surface area contributed by atoms with E-state index in [0.29, 0.717) is 49.6 Å². The second-order valence-corrected chi connectivity index (χ2v) is 10.6. The van der Waals surface area contributed by atoms with Crippen LogP contribution in [0, 0.1) is 6.92 Å². The predicted octanol–water partition coefficient (Wildman–Crippen LogP) is 6.36. The molecular weight excluding hydrogens is 629 g/mol.